The summed E-state index contributed by atoms with van der Waals surface area (Å²) in [7, 11) is 0. The first-order chi connectivity index (χ1) is 5.29. The summed E-state index contributed by atoms with van der Waals surface area (Å²) in [6.45, 7) is 0.729. The molecule has 2 rings (SSSR count). The van der Waals surface area contributed by atoms with Gasteiger partial charge in [0.25, 0.3) is 5.91 Å². The number of cyclic esters (lactones) is 1. The van der Waals surface area contributed by atoms with Gasteiger partial charge in [0.05, 0.1) is 6.54 Å². The van der Waals surface area contributed by atoms with E-state index >= 15 is 0 Å². The van der Waals surface area contributed by atoms with Crippen LogP contribution in [0, 0.1) is 0 Å². The standard InChI is InChI=1S/C7H7NO3/c9-6(5-1-2-5)8-3-4-11-7(8)10/h1H,2-4H2. The van der Waals surface area contributed by atoms with E-state index in [0.29, 0.717) is 13.2 Å². The molecule has 0 saturated carbocycles. The molecule has 11 heavy (non-hydrogen) atoms. The lowest BCUT2D eigenvalue weighted by Crippen LogP contribution is -2.30. The molecule has 4 nitrogen and oxygen atoms in total. The number of hydrogen-bond donors (Lipinski definition) is 0. The molecular formula is C7H7NO3. The topological polar surface area (TPSA) is 46.6 Å². The zero-order valence-corrected chi connectivity index (χ0v) is 5.87. The van der Waals surface area contributed by atoms with Crippen LogP contribution in [0.1, 0.15) is 6.42 Å². The maximum Gasteiger partial charge on any atom is 0.416 e. The van der Waals surface area contributed by atoms with Gasteiger partial charge >= 0.3 is 6.09 Å². The predicted molar refractivity (Wildman–Crippen MR) is 35.8 cm³/mol. The molecule has 0 atom stereocenters. The van der Waals surface area contributed by atoms with Gasteiger partial charge in [-0.1, -0.05) is 6.08 Å². The van der Waals surface area contributed by atoms with Crippen LogP contribution in [0.25, 0.3) is 0 Å². The molecule has 0 spiro atoms. The Kier molecular flexibility index (Phi) is 1.21. The average Bonchev–Trinajstić information content (AvgIpc) is 2.74. The Hall–Kier alpha value is -1.32. The van der Waals surface area contributed by atoms with Gasteiger partial charge in [0.2, 0.25) is 0 Å². The molecule has 1 fully saturated rings. The fraction of sp³-hybridized carbons (Fsp3) is 0.429. The van der Waals surface area contributed by atoms with Gasteiger partial charge in [-0.05, 0) is 6.42 Å². The summed E-state index contributed by atoms with van der Waals surface area (Å²) >= 11 is 0. The highest BCUT2D eigenvalue weighted by Gasteiger charge is 2.32. The average molecular weight is 153 g/mol. The van der Waals surface area contributed by atoms with Gasteiger partial charge in [-0.3, -0.25) is 4.79 Å². The Balaban J connectivity index is 2.08. The molecule has 0 aromatic rings. The summed E-state index contributed by atoms with van der Waals surface area (Å²) in [6, 6.07) is 0. The highest BCUT2D eigenvalue weighted by Crippen LogP contribution is 2.22. The number of hydrogen-bond acceptors (Lipinski definition) is 3. The summed E-state index contributed by atoms with van der Waals surface area (Å²) in [4.78, 5) is 23.1. The molecule has 1 heterocycles. The van der Waals surface area contributed by atoms with E-state index in [1.54, 1.807) is 6.08 Å². The third kappa shape index (κ3) is 1.00. The Labute approximate surface area is 63.4 Å². The molecule has 0 N–H and O–H groups in total. The quantitative estimate of drug-likeness (QED) is 0.544. The van der Waals surface area contributed by atoms with E-state index < -0.39 is 6.09 Å². The SMILES string of the molecule is O=C1OCCN1C(=O)C1=CC1. The van der Waals surface area contributed by atoms with Crippen LogP contribution in [0.5, 0.6) is 0 Å². The van der Waals surface area contributed by atoms with Crippen LogP contribution in [0.2, 0.25) is 0 Å². The molecular weight excluding hydrogens is 146 g/mol. The van der Waals surface area contributed by atoms with Crippen LogP contribution >= 0.6 is 0 Å². The van der Waals surface area contributed by atoms with Crippen molar-refractivity contribution in [2.45, 2.75) is 6.42 Å². The Morgan fingerprint density at radius 1 is 1.64 bits per heavy atom. The largest absolute Gasteiger partial charge is 0.447 e. The number of carbonyl (C=O) groups excluding carboxylic acids is 2. The number of allylic oxidation sites excluding steroid dienone is 1. The minimum atomic E-state index is -0.511. The van der Waals surface area contributed by atoms with Crippen molar-refractivity contribution in [3.8, 4) is 0 Å². The van der Waals surface area contributed by atoms with Gasteiger partial charge in [-0.15, -0.1) is 0 Å². The van der Waals surface area contributed by atoms with Gasteiger partial charge in [-0.2, -0.15) is 0 Å². The Bertz CT molecular complexity index is 256. The van der Waals surface area contributed by atoms with Crippen molar-refractivity contribution < 1.29 is 14.3 Å². The summed E-state index contributed by atoms with van der Waals surface area (Å²) in [5.74, 6) is -0.187. The highest BCUT2D eigenvalue weighted by molar-refractivity contribution is 6.05. The molecule has 2 amide bonds. The lowest BCUT2D eigenvalue weighted by atomic mass is 10.4. The molecule has 1 aliphatic carbocycles. The van der Waals surface area contributed by atoms with Crippen molar-refractivity contribution in [3.63, 3.8) is 0 Å². The zero-order chi connectivity index (χ0) is 7.84. The fourth-order valence-electron chi connectivity index (χ4n) is 0.977. The van der Waals surface area contributed by atoms with Gasteiger partial charge in [0, 0.05) is 5.57 Å². The molecule has 0 unspecified atom stereocenters. The molecule has 2 aliphatic rings. The number of nitrogens with zero attached hydrogens (tertiary/aromatic N) is 1. The first-order valence-electron chi connectivity index (χ1n) is 3.46. The van der Waals surface area contributed by atoms with Crippen molar-refractivity contribution in [3.05, 3.63) is 11.6 Å². The molecule has 1 saturated heterocycles. The molecule has 0 bridgehead atoms. The Morgan fingerprint density at radius 3 is 2.82 bits per heavy atom. The van der Waals surface area contributed by atoms with Crippen molar-refractivity contribution >= 4 is 12.0 Å². The molecule has 0 aromatic carbocycles. The second-order valence-corrected chi connectivity index (χ2v) is 2.50. The third-order valence-corrected chi connectivity index (χ3v) is 1.69. The number of rotatable bonds is 1. The van der Waals surface area contributed by atoms with Gasteiger partial charge in [0.15, 0.2) is 0 Å². The van der Waals surface area contributed by atoms with E-state index in [1.807, 2.05) is 0 Å². The van der Waals surface area contributed by atoms with Crippen molar-refractivity contribution in [1.29, 1.82) is 0 Å². The fourth-order valence-corrected chi connectivity index (χ4v) is 0.977. The lowest BCUT2D eigenvalue weighted by Gasteiger charge is -2.06. The van der Waals surface area contributed by atoms with Crippen molar-refractivity contribution in [2.24, 2.45) is 0 Å². The van der Waals surface area contributed by atoms with E-state index in [0.717, 1.165) is 16.9 Å². The van der Waals surface area contributed by atoms with Gasteiger partial charge in [0.1, 0.15) is 6.61 Å². The van der Waals surface area contributed by atoms with Crippen molar-refractivity contribution in [1.82, 2.24) is 4.90 Å². The second-order valence-electron chi connectivity index (χ2n) is 2.50. The maximum atomic E-state index is 11.2. The van der Waals surface area contributed by atoms with Crippen LogP contribution in [0.15, 0.2) is 11.6 Å². The predicted octanol–water partition coefficient (Wildman–Crippen LogP) is 0.295. The Morgan fingerprint density at radius 2 is 2.36 bits per heavy atom. The highest BCUT2D eigenvalue weighted by atomic mass is 16.6. The monoisotopic (exact) mass is 153 g/mol. The van der Waals surface area contributed by atoms with Crippen LogP contribution in [0.3, 0.4) is 0 Å². The molecule has 1 aliphatic heterocycles. The van der Waals surface area contributed by atoms with E-state index in [4.69, 9.17) is 0 Å². The maximum absolute atomic E-state index is 11.2. The first-order valence-corrected chi connectivity index (χ1v) is 3.46. The van der Waals surface area contributed by atoms with E-state index in [9.17, 15) is 9.59 Å². The summed E-state index contributed by atoms with van der Waals surface area (Å²) in [5, 5.41) is 0. The summed E-state index contributed by atoms with van der Waals surface area (Å²) in [6.07, 6.45) is 2.01. The van der Waals surface area contributed by atoms with Crippen LogP contribution in [-0.4, -0.2) is 30.1 Å². The number of carbonyl (C=O) groups is 2. The van der Waals surface area contributed by atoms with E-state index in [-0.39, 0.29) is 5.91 Å². The van der Waals surface area contributed by atoms with Crippen LogP contribution in [-0.2, 0) is 9.53 Å². The summed E-state index contributed by atoms with van der Waals surface area (Å²) in [5.41, 5.74) is 0.726. The van der Waals surface area contributed by atoms with E-state index in [1.165, 1.54) is 0 Å². The number of amides is 2. The van der Waals surface area contributed by atoms with Crippen LogP contribution < -0.4 is 0 Å². The first kappa shape index (κ1) is 6.39. The number of imide groups is 1. The number of ether oxygens (including phenoxy) is 1. The van der Waals surface area contributed by atoms with Gasteiger partial charge in [-0.25, -0.2) is 9.69 Å². The van der Waals surface area contributed by atoms with Crippen molar-refractivity contribution in [2.75, 3.05) is 13.2 Å². The summed E-state index contributed by atoms with van der Waals surface area (Å²) < 4.78 is 4.60. The molecule has 0 aromatic heterocycles. The molecule has 58 valence electrons. The van der Waals surface area contributed by atoms with Gasteiger partial charge < -0.3 is 4.74 Å². The van der Waals surface area contributed by atoms with E-state index in [2.05, 4.69) is 4.74 Å². The normalized spacial score (nSPS) is 21.3. The third-order valence-electron chi connectivity index (χ3n) is 1.69. The molecule has 0 radical (unpaired) electrons. The van der Waals surface area contributed by atoms with Crippen LogP contribution in [0.4, 0.5) is 4.79 Å². The lowest BCUT2D eigenvalue weighted by molar-refractivity contribution is -0.123. The zero-order valence-electron chi connectivity index (χ0n) is 5.87. The minimum absolute atomic E-state index is 0.187. The molecule has 4 heteroatoms. The second kappa shape index (κ2) is 2.08. The minimum Gasteiger partial charge on any atom is -0.447 e. The smallest absolute Gasteiger partial charge is 0.416 e.